The molecule has 0 aromatic carbocycles. The first-order valence-corrected chi connectivity index (χ1v) is 9.00. The van der Waals surface area contributed by atoms with Gasteiger partial charge in [0.1, 0.15) is 6.10 Å². The number of nitrogens with zero attached hydrogens (tertiary/aromatic N) is 2. The van der Waals surface area contributed by atoms with E-state index in [4.69, 9.17) is 9.84 Å². The second-order valence-electron chi connectivity index (χ2n) is 6.10. The molecule has 3 rings (SSSR count). The molecule has 1 fully saturated rings. The molecule has 1 aliphatic rings. The molecule has 12 heteroatoms. The van der Waals surface area contributed by atoms with E-state index in [1.807, 2.05) is 0 Å². The van der Waals surface area contributed by atoms with Crippen LogP contribution in [0.2, 0.25) is 0 Å². The zero-order chi connectivity index (χ0) is 20.6. The number of hydrogen-bond donors (Lipinski definition) is 2. The van der Waals surface area contributed by atoms with E-state index in [9.17, 15) is 27.2 Å². The van der Waals surface area contributed by atoms with Crippen LogP contribution in [0, 0.1) is 0 Å². The molecule has 0 bridgehead atoms. The number of fused-ring (bicyclic) bond motifs is 1. The van der Waals surface area contributed by atoms with Gasteiger partial charge < -0.3 is 20.1 Å². The van der Waals surface area contributed by atoms with Gasteiger partial charge in [0.25, 0.3) is 5.91 Å². The van der Waals surface area contributed by atoms with Crippen LogP contribution in [-0.4, -0.2) is 59.4 Å². The summed E-state index contributed by atoms with van der Waals surface area (Å²) < 4.78 is 59.8. The Morgan fingerprint density at radius 3 is 2.71 bits per heavy atom. The second-order valence-corrected chi connectivity index (χ2v) is 6.98. The van der Waals surface area contributed by atoms with Crippen molar-refractivity contribution in [3.63, 3.8) is 0 Å². The fourth-order valence-corrected chi connectivity index (χ4v) is 3.92. The van der Waals surface area contributed by atoms with Gasteiger partial charge in [0.15, 0.2) is 6.17 Å². The lowest BCUT2D eigenvalue weighted by atomic mass is 10.1. The summed E-state index contributed by atoms with van der Waals surface area (Å²) in [6.45, 7) is -0.465. The van der Waals surface area contributed by atoms with Gasteiger partial charge >= 0.3 is 12.3 Å². The molecular weight excluding hydrogens is 406 g/mol. The lowest BCUT2D eigenvalue weighted by molar-refractivity contribution is -0.136. The zero-order valence-electron chi connectivity index (χ0n) is 14.4. The van der Waals surface area contributed by atoms with Crippen molar-refractivity contribution in [2.45, 2.75) is 24.9 Å². The molecule has 0 saturated carbocycles. The van der Waals surface area contributed by atoms with E-state index in [2.05, 4.69) is 10.3 Å². The first-order valence-electron chi connectivity index (χ1n) is 8.12. The summed E-state index contributed by atoms with van der Waals surface area (Å²) in [4.78, 5) is 27.7. The maximum atomic E-state index is 14.3. The molecule has 0 spiro atoms. The van der Waals surface area contributed by atoms with Crippen molar-refractivity contribution >= 4 is 33.6 Å². The van der Waals surface area contributed by atoms with Gasteiger partial charge in [-0.3, -0.25) is 4.79 Å². The summed E-state index contributed by atoms with van der Waals surface area (Å²) in [5.41, 5.74) is -1.27. The Labute approximate surface area is 159 Å². The van der Waals surface area contributed by atoms with Crippen molar-refractivity contribution in [1.29, 1.82) is 0 Å². The number of carbonyl (C=O) groups excluding carboxylic acids is 1. The zero-order valence-corrected chi connectivity index (χ0v) is 15.2. The summed E-state index contributed by atoms with van der Waals surface area (Å²) in [6.07, 6.45) is -8.93. The largest absolute Gasteiger partial charge is 0.471 e. The van der Waals surface area contributed by atoms with E-state index in [0.717, 1.165) is 16.2 Å². The molecule has 7 nitrogen and oxygen atoms in total. The maximum Gasteiger partial charge on any atom is 0.418 e. The Kier molecular flexibility index (Phi) is 5.33. The number of ether oxygens (including phenoxy) is 1. The SMILES string of the molecule is CNC(=O)c1csc2c(C(F)(F)F)cc(O[C@@H]3CCN(C(=O)O)C[C@@H]3F)nc12. The lowest BCUT2D eigenvalue weighted by Gasteiger charge is -2.32. The number of piperidine rings is 1. The van der Waals surface area contributed by atoms with Crippen LogP contribution in [-0.2, 0) is 6.18 Å². The van der Waals surface area contributed by atoms with Crippen LogP contribution in [0.1, 0.15) is 22.3 Å². The van der Waals surface area contributed by atoms with Gasteiger partial charge in [-0.15, -0.1) is 11.3 Å². The predicted molar refractivity (Wildman–Crippen MR) is 91.5 cm³/mol. The van der Waals surface area contributed by atoms with Crippen molar-refractivity contribution < 1.29 is 37.0 Å². The Balaban J connectivity index is 1.97. The highest BCUT2D eigenvalue weighted by Gasteiger charge is 2.37. The molecule has 0 radical (unpaired) electrons. The molecule has 0 unspecified atom stereocenters. The third-order valence-electron chi connectivity index (χ3n) is 4.30. The summed E-state index contributed by atoms with van der Waals surface area (Å²) in [5.74, 6) is -1.08. The summed E-state index contributed by atoms with van der Waals surface area (Å²) >= 11 is 0.725. The van der Waals surface area contributed by atoms with E-state index in [-0.39, 0.29) is 28.7 Å². The molecule has 1 saturated heterocycles. The molecule has 2 amide bonds. The van der Waals surface area contributed by atoms with E-state index in [0.29, 0.717) is 6.07 Å². The van der Waals surface area contributed by atoms with Crippen molar-refractivity contribution in [3.05, 3.63) is 22.6 Å². The molecule has 2 aromatic rings. The van der Waals surface area contributed by atoms with Crippen LogP contribution in [0.5, 0.6) is 5.88 Å². The number of alkyl halides is 4. The van der Waals surface area contributed by atoms with Gasteiger partial charge in [0.2, 0.25) is 5.88 Å². The van der Waals surface area contributed by atoms with Gasteiger partial charge in [-0.2, -0.15) is 13.2 Å². The fourth-order valence-electron chi connectivity index (χ4n) is 2.90. The van der Waals surface area contributed by atoms with Crippen LogP contribution in [0.3, 0.4) is 0 Å². The number of carbonyl (C=O) groups is 2. The maximum absolute atomic E-state index is 14.3. The van der Waals surface area contributed by atoms with Crippen molar-refractivity contribution in [3.8, 4) is 5.88 Å². The number of nitrogens with one attached hydrogen (secondary N) is 1. The molecule has 152 valence electrons. The predicted octanol–water partition coefficient (Wildman–Crippen LogP) is 3.14. The number of carboxylic acid groups (broad SMARTS) is 1. The monoisotopic (exact) mass is 421 g/mol. The Hall–Kier alpha value is -2.63. The second kappa shape index (κ2) is 7.41. The van der Waals surface area contributed by atoms with E-state index < -0.39 is 48.4 Å². The minimum Gasteiger partial charge on any atom is -0.471 e. The van der Waals surface area contributed by atoms with Gasteiger partial charge in [0, 0.05) is 31.5 Å². The number of thiophene rings is 1. The molecule has 0 aliphatic carbocycles. The van der Waals surface area contributed by atoms with Crippen LogP contribution in [0.15, 0.2) is 11.4 Å². The fraction of sp³-hybridized carbons (Fsp3) is 0.438. The standard InChI is InChI=1S/C16H15F4N3O4S/c1-21-14(24)7-6-28-13-8(16(18,19)20)4-11(22-12(7)13)27-10-2-3-23(15(25)26)5-9(10)17/h4,6,9-10H,2-3,5H2,1H3,(H,21,24)(H,25,26)/t9-,10+/m0/s1. The van der Waals surface area contributed by atoms with Crippen molar-refractivity contribution in [2.24, 2.45) is 0 Å². The Bertz CT molecular complexity index is 917. The van der Waals surface area contributed by atoms with Gasteiger partial charge in [-0.25, -0.2) is 14.2 Å². The minimum absolute atomic E-state index is 0.0171. The summed E-state index contributed by atoms with van der Waals surface area (Å²) in [5, 5.41) is 12.5. The average molecular weight is 421 g/mol. The molecule has 3 heterocycles. The van der Waals surface area contributed by atoms with E-state index in [1.54, 1.807) is 0 Å². The van der Waals surface area contributed by atoms with Crippen molar-refractivity contribution in [2.75, 3.05) is 20.1 Å². The van der Waals surface area contributed by atoms with Gasteiger partial charge in [-0.1, -0.05) is 0 Å². The highest BCUT2D eigenvalue weighted by molar-refractivity contribution is 7.17. The van der Waals surface area contributed by atoms with E-state index >= 15 is 0 Å². The number of hydrogen-bond acceptors (Lipinski definition) is 5. The normalized spacial score (nSPS) is 20.2. The molecule has 1 aliphatic heterocycles. The minimum atomic E-state index is -4.73. The first-order chi connectivity index (χ1) is 13.1. The number of amides is 2. The molecule has 28 heavy (non-hydrogen) atoms. The number of pyridine rings is 1. The topological polar surface area (TPSA) is 91.8 Å². The number of aromatic nitrogens is 1. The number of likely N-dealkylation sites (tertiary alicyclic amines) is 1. The molecular formula is C16H15F4N3O4S. The van der Waals surface area contributed by atoms with Crippen LogP contribution in [0.25, 0.3) is 10.2 Å². The van der Waals surface area contributed by atoms with Crippen LogP contribution >= 0.6 is 11.3 Å². The first kappa shape index (κ1) is 20.1. The number of rotatable bonds is 3. The summed E-state index contributed by atoms with van der Waals surface area (Å²) in [7, 11) is 1.33. The smallest absolute Gasteiger partial charge is 0.418 e. The highest BCUT2D eigenvalue weighted by atomic mass is 32.1. The Morgan fingerprint density at radius 1 is 1.43 bits per heavy atom. The third-order valence-corrected chi connectivity index (χ3v) is 5.30. The molecule has 2 aromatic heterocycles. The Morgan fingerprint density at radius 2 is 2.14 bits per heavy atom. The van der Waals surface area contributed by atoms with Crippen LogP contribution < -0.4 is 10.1 Å². The van der Waals surface area contributed by atoms with E-state index in [1.165, 1.54) is 12.4 Å². The molecule has 2 N–H and O–H groups in total. The highest BCUT2D eigenvalue weighted by Crippen LogP contribution is 2.40. The molecule has 2 atom stereocenters. The summed E-state index contributed by atoms with van der Waals surface area (Å²) in [6, 6.07) is 0.669. The van der Waals surface area contributed by atoms with Gasteiger partial charge in [-0.05, 0) is 0 Å². The van der Waals surface area contributed by atoms with Crippen LogP contribution in [0.4, 0.5) is 22.4 Å². The van der Waals surface area contributed by atoms with Gasteiger partial charge in [0.05, 0.1) is 27.9 Å². The van der Waals surface area contributed by atoms with Crippen molar-refractivity contribution in [1.82, 2.24) is 15.2 Å². The third kappa shape index (κ3) is 3.81. The quantitative estimate of drug-likeness (QED) is 0.743. The average Bonchev–Trinajstić information content (AvgIpc) is 3.04. The number of halogens is 4. The lowest BCUT2D eigenvalue weighted by Crippen LogP contribution is -2.48.